The molecule has 178 valence electrons. The average molecular weight is 429 g/mol. The molecule has 0 aliphatic rings. The van der Waals surface area contributed by atoms with Crippen molar-refractivity contribution in [3.63, 3.8) is 0 Å². The molecule has 0 amide bonds. The van der Waals surface area contributed by atoms with Crippen LogP contribution in [0.3, 0.4) is 0 Å². The van der Waals surface area contributed by atoms with E-state index in [4.69, 9.17) is 9.47 Å². The lowest BCUT2D eigenvalue weighted by molar-refractivity contribution is -0.169. The van der Waals surface area contributed by atoms with Crippen LogP contribution in [0.2, 0.25) is 0 Å². The van der Waals surface area contributed by atoms with Crippen LogP contribution in [-0.4, -0.2) is 35.9 Å². The van der Waals surface area contributed by atoms with Gasteiger partial charge in [-0.1, -0.05) is 103 Å². The molecule has 2 unspecified atom stereocenters. The van der Waals surface area contributed by atoms with Crippen LogP contribution in [0.15, 0.2) is 0 Å². The van der Waals surface area contributed by atoms with Crippen molar-refractivity contribution in [3.05, 3.63) is 0 Å². The smallest absolute Gasteiger partial charge is 0.303 e. The van der Waals surface area contributed by atoms with Gasteiger partial charge in [0.25, 0.3) is 0 Å². The van der Waals surface area contributed by atoms with Crippen molar-refractivity contribution in [2.45, 2.75) is 142 Å². The number of carbonyl (C=O) groups is 2. The summed E-state index contributed by atoms with van der Waals surface area (Å²) in [5.74, 6) is -0.889. The first kappa shape index (κ1) is 28.9. The van der Waals surface area contributed by atoms with Crippen LogP contribution < -0.4 is 0 Å². The summed E-state index contributed by atoms with van der Waals surface area (Å²) in [4.78, 5) is 22.4. The Morgan fingerprint density at radius 1 is 0.600 bits per heavy atom. The third-order valence-electron chi connectivity index (χ3n) is 5.57. The van der Waals surface area contributed by atoms with Crippen molar-refractivity contribution in [1.29, 1.82) is 0 Å². The lowest BCUT2D eigenvalue weighted by Crippen LogP contribution is -2.37. The number of aliphatic hydroxyl groups excluding tert-OH is 1. The number of esters is 2. The van der Waals surface area contributed by atoms with E-state index < -0.39 is 24.1 Å². The third kappa shape index (κ3) is 18.9. The molecule has 30 heavy (non-hydrogen) atoms. The Balaban J connectivity index is 3.61. The zero-order valence-electron chi connectivity index (χ0n) is 20.0. The maximum Gasteiger partial charge on any atom is 0.303 e. The second-order valence-corrected chi connectivity index (χ2v) is 8.57. The van der Waals surface area contributed by atoms with Gasteiger partial charge in [0.05, 0.1) is 6.61 Å². The Bertz CT molecular complexity index is 410. The first-order valence-electron chi connectivity index (χ1n) is 12.5. The van der Waals surface area contributed by atoms with Gasteiger partial charge in [-0.05, 0) is 12.8 Å². The number of ether oxygens (including phenoxy) is 2. The molecule has 0 aliphatic carbocycles. The molecular weight excluding hydrogens is 380 g/mol. The molecule has 5 heteroatoms. The van der Waals surface area contributed by atoms with Gasteiger partial charge >= 0.3 is 11.9 Å². The summed E-state index contributed by atoms with van der Waals surface area (Å²) < 4.78 is 10.3. The van der Waals surface area contributed by atoms with Crippen LogP contribution in [0.5, 0.6) is 0 Å². The van der Waals surface area contributed by atoms with E-state index >= 15 is 0 Å². The molecule has 0 aromatic carbocycles. The van der Waals surface area contributed by atoms with E-state index in [9.17, 15) is 14.7 Å². The summed E-state index contributed by atoms with van der Waals surface area (Å²) in [5, 5.41) is 9.42. The molecule has 5 nitrogen and oxygen atoms in total. The fourth-order valence-corrected chi connectivity index (χ4v) is 3.87. The molecule has 0 rings (SSSR count). The largest absolute Gasteiger partial charge is 0.459 e. The molecule has 0 aromatic rings. The zero-order chi connectivity index (χ0) is 22.5. The highest BCUT2D eigenvalue weighted by Crippen LogP contribution is 2.17. The third-order valence-corrected chi connectivity index (χ3v) is 5.57. The Morgan fingerprint density at radius 3 is 1.27 bits per heavy atom. The van der Waals surface area contributed by atoms with Crippen LogP contribution in [-0.2, 0) is 19.1 Å². The van der Waals surface area contributed by atoms with Gasteiger partial charge in [-0.25, -0.2) is 0 Å². The maximum absolute atomic E-state index is 11.3. The summed E-state index contributed by atoms with van der Waals surface area (Å²) in [6.07, 6.45) is 20.1. The summed E-state index contributed by atoms with van der Waals surface area (Å²) in [5.41, 5.74) is 0. The van der Waals surface area contributed by atoms with E-state index in [-0.39, 0.29) is 6.61 Å². The molecule has 0 fully saturated rings. The second kappa shape index (κ2) is 21.1. The van der Waals surface area contributed by atoms with E-state index in [0.29, 0.717) is 6.42 Å². The lowest BCUT2D eigenvalue weighted by atomic mass is 10.0. The normalized spacial score (nSPS) is 13.1. The van der Waals surface area contributed by atoms with Gasteiger partial charge in [0.1, 0.15) is 6.10 Å². The van der Waals surface area contributed by atoms with Crippen molar-refractivity contribution in [2.75, 3.05) is 6.61 Å². The van der Waals surface area contributed by atoms with Crippen molar-refractivity contribution in [3.8, 4) is 0 Å². The van der Waals surface area contributed by atoms with Gasteiger partial charge in [0.15, 0.2) is 6.10 Å². The summed E-state index contributed by atoms with van der Waals surface area (Å²) in [6, 6.07) is 0. The van der Waals surface area contributed by atoms with Crippen LogP contribution in [0.1, 0.15) is 130 Å². The first-order valence-corrected chi connectivity index (χ1v) is 12.5. The Labute approximate surface area is 185 Å². The monoisotopic (exact) mass is 428 g/mol. The van der Waals surface area contributed by atoms with E-state index in [1.54, 1.807) is 0 Å². The summed E-state index contributed by atoms with van der Waals surface area (Å²) >= 11 is 0. The van der Waals surface area contributed by atoms with Crippen LogP contribution in [0.25, 0.3) is 0 Å². The molecular formula is C25H48O5. The Kier molecular flexibility index (Phi) is 20.4. The fourth-order valence-electron chi connectivity index (χ4n) is 3.87. The zero-order valence-corrected chi connectivity index (χ0v) is 20.0. The minimum Gasteiger partial charge on any atom is -0.459 e. The number of hydrogen-bond acceptors (Lipinski definition) is 5. The molecule has 0 aromatic heterocycles. The number of unbranched alkanes of at least 4 members (excludes halogenated alkanes) is 15. The fraction of sp³-hybridized carbons (Fsp3) is 0.920. The highest BCUT2D eigenvalue weighted by Gasteiger charge is 2.26. The predicted molar refractivity (Wildman–Crippen MR) is 122 cm³/mol. The van der Waals surface area contributed by atoms with Gasteiger partial charge in [0, 0.05) is 13.8 Å². The van der Waals surface area contributed by atoms with Crippen molar-refractivity contribution >= 4 is 11.9 Å². The predicted octanol–water partition coefficient (Wildman–Crippen LogP) is 6.49. The minimum absolute atomic E-state index is 0.337. The molecule has 1 N–H and O–H groups in total. The van der Waals surface area contributed by atoms with Crippen molar-refractivity contribution in [1.82, 2.24) is 0 Å². The number of rotatable bonds is 21. The highest BCUT2D eigenvalue weighted by atomic mass is 16.6. The Hall–Kier alpha value is -1.10. The van der Waals surface area contributed by atoms with Gasteiger partial charge in [-0.2, -0.15) is 0 Å². The molecule has 0 spiro atoms. The molecule has 2 atom stereocenters. The standard InChI is InChI=1S/C25H48O5/c1-4-5-6-7-8-9-10-11-12-13-14-15-16-17-18-19-20-24(29-22(2)27)25(21-26)30-23(3)28/h24-26H,4-21H2,1-3H3. The molecule has 0 heterocycles. The number of aliphatic hydroxyl groups is 1. The van der Waals surface area contributed by atoms with Gasteiger partial charge < -0.3 is 14.6 Å². The van der Waals surface area contributed by atoms with E-state index in [1.165, 1.54) is 104 Å². The second-order valence-electron chi connectivity index (χ2n) is 8.57. The molecule has 0 aliphatic heterocycles. The van der Waals surface area contributed by atoms with Gasteiger partial charge in [-0.3, -0.25) is 9.59 Å². The van der Waals surface area contributed by atoms with E-state index in [0.717, 1.165) is 12.8 Å². The van der Waals surface area contributed by atoms with Gasteiger partial charge in [0.2, 0.25) is 0 Å². The molecule has 0 bridgehead atoms. The van der Waals surface area contributed by atoms with Gasteiger partial charge in [-0.15, -0.1) is 0 Å². The average Bonchev–Trinajstić information content (AvgIpc) is 2.70. The molecule has 0 radical (unpaired) electrons. The molecule has 0 saturated carbocycles. The number of carbonyl (C=O) groups excluding carboxylic acids is 2. The van der Waals surface area contributed by atoms with Crippen molar-refractivity contribution in [2.24, 2.45) is 0 Å². The lowest BCUT2D eigenvalue weighted by Gasteiger charge is -2.24. The van der Waals surface area contributed by atoms with Crippen molar-refractivity contribution < 1.29 is 24.2 Å². The van der Waals surface area contributed by atoms with Crippen LogP contribution >= 0.6 is 0 Å². The SMILES string of the molecule is CCCCCCCCCCCCCCCCCCC(OC(C)=O)C(CO)OC(C)=O. The van der Waals surface area contributed by atoms with Crippen LogP contribution in [0.4, 0.5) is 0 Å². The summed E-state index contributed by atoms with van der Waals surface area (Å²) in [6.45, 7) is 4.56. The highest BCUT2D eigenvalue weighted by molar-refractivity contribution is 5.67. The maximum atomic E-state index is 11.3. The topological polar surface area (TPSA) is 72.8 Å². The number of hydrogen-bond donors (Lipinski definition) is 1. The first-order chi connectivity index (χ1) is 14.5. The summed E-state index contributed by atoms with van der Waals surface area (Å²) in [7, 11) is 0. The van der Waals surface area contributed by atoms with E-state index in [1.807, 2.05) is 0 Å². The molecule has 0 saturated heterocycles. The quantitative estimate of drug-likeness (QED) is 0.167. The van der Waals surface area contributed by atoms with Crippen LogP contribution in [0, 0.1) is 0 Å². The minimum atomic E-state index is -0.775. The van der Waals surface area contributed by atoms with E-state index in [2.05, 4.69) is 6.92 Å². The Morgan fingerprint density at radius 2 is 0.933 bits per heavy atom.